The van der Waals surface area contributed by atoms with E-state index in [1.807, 2.05) is 30.5 Å². The number of aromatic amines is 1. The molecule has 3 aromatic rings. The average molecular weight is 327 g/mol. The van der Waals surface area contributed by atoms with E-state index in [9.17, 15) is 0 Å². The van der Waals surface area contributed by atoms with Crippen molar-refractivity contribution in [1.82, 2.24) is 19.9 Å². The van der Waals surface area contributed by atoms with Crippen LogP contribution in [0.4, 0.5) is 0 Å². The van der Waals surface area contributed by atoms with Crippen molar-refractivity contribution < 1.29 is 0 Å². The molecule has 1 N–H and O–H groups in total. The van der Waals surface area contributed by atoms with Crippen molar-refractivity contribution in [3.05, 3.63) is 59.1 Å². The van der Waals surface area contributed by atoms with Gasteiger partial charge in [-0.05, 0) is 48.3 Å². The monoisotopic (exact) mass is 327 g/mol. The molecule has 22 heavy (non-hydrogen) atoms. The minimum Gasteiger partial charge on any atom is -0.264 e. The number of rotatable bonds is 4. The van der Waals surface area contributed by atoms with Crippen LogP contribution in [-0.4, -0.2) is 32.3 Å². The van der Waals surface area contributed by atoms with Gasteiger partial charge in [0.15, 0.2) is 5.82 Å². The molecule has 0 spiro atoms. The molecule has 0 bridgehead atoms. The zero-order valence-corrected chi connectivity index (χ0v) is 13.4. The molecule has 0 saturated heterocycles. The van der Waals surface area contributed by atoms with E-state index in [4.69, 9.17) is 12.2 Å². The highest BCUT2D eigenvalue weighted by atomic mass is 32.2. The Balaban J connectivity index is 1.93. The van der Waals surface area contributed by atoms with Crippen molar-refractivity contribution in [2.24, 2.45) is 5.10 Å². The Morgan fingerprint density at radius 1 is 1.27 bits per heavy atom. The molecule has 0 aliphatic carbocycles. The second-order valence-corrected chi connectivity index (χ2v) is 5.69. The maximum absolute atomic E-state index is 5.24. The smallest absolute Gasteiger partial charge is 0.216 e. The van der Waals surface area contributed by atoms with Crippen LogP contribution in [0.15, 0.2) is 58.8 Å². The topological polar surface area (TPSA) is 58.9 Å². The van der Waals surface area contributed by atoms with Crippen LogP contribution in [0.1, 0.15) is 5.56 Å². The van der Waals surface area contributed by atoms with Gasteiger partial charge in [-0.25, -0.2) is 5.10 Å². The molecule has 2 aromatic heterocycles. The van der Waals surface area contributed by atoms with Crippen molar-refractivity contribution >= 4 is 30.2 Å². The third kappa shape index (κ3) is 3.15. The summed E-state index contributed by atoms with van der Waals surface area (Å²) in [5, 5.41) is 11.4. The molecule has 3 rings (SSSR count). The van der Waals surface area contributed by atoms with Gasteiger partial charge < -0.3 is 0 Å². The summed E-state index contributed by atoms with van der Waals surface area (Å²) < 4.78 is 2.03. The van der Waals surface area contributed by atoms with Crippen molar-refractivity contribution in [1.29, 1.82) is 0 Å². The third-order valence-corrected chi connectivity index (χ3v) is 4.02. The van der Waals surface area contributed by atoms with Gasteiger partial charge in [0.25, 0.3) is 0 Å². The fraction of sp³-hybridized carbons (Fsp3) is 0.0667. The van der Waals surface area contributed by atoms with Crippen LogP contribution < -0.4 is 0 Å². The summed E-state index contributed by atoms with van der Waals surface area (Å²) in [6, 6.07) is 11.9. The molecule has 0 fully saturated rings. The summed E-state index contributed by atoms with van der Waals surface area (Å²) in [6.45, 7) is 0. The first-order valence-corrected chi connectivity index (χ1v) is 8.17. The summed E-state index contributed by atoms with van der Waals surface area (Å²) in [6.07, 6.45) is 7.25. The Morgan fingerprint density at radius 2 is 2.09 bits per heavy atom. The highest BCUT2D eigenvalue weighted by molar-refractivity contribution is 7.98. The number of pyridine rings is 1. The Labute approximate surface area is 137 Å². The molecule has 0 aliphatic rings. The Hall–Kier alpha value is -2.25. The van der Waals surface area contributed by atoms with Crippen molar-refractivity contribution in [3.8, 4) is 11.4 Å². The maximum Gasteiger partial charge on any atom is 0.216 e. The highest BCUT2D eigenvalue weighted by Gasteiger charge is 2.07. The molecule has 0 saturated carbocycles. The zero-order chi connectivity index (χ0) is 15.4. The molecular formula is C15H13N5S2. The quantitative estimate of drug-likeness (QED) is 0.452. The van der Waals surface area contributed by atoms with Gasteiger partial charge in [0.05, 0.1) is 6.21 Å². The minimum atomic E-state index is 0.441. The van der Waals surface area contributed by atoms with Crippen LogP contribution in [0.2, 0.25) is 0 Å². The standard InChI is InChI=1S/C15H13N5S2/c1-22-13-6-4-11(5-7-13)9-17-20-14(18-19-15(20)21)12-3-2-8-16-10-12/h2-10H,1H3,(H,19,21)/b17-9+. The number of nitrogens with one attached hydrogen (secondary N) is 1. The second kappa shape index (κ2) is 6.67. The largest absolute Gasteiger partial charge is 0.264 e. The number of hydrogen-bond donors (Lipinski definition) is 1. The SMILES string of the molecule is CSc1ccc(/C=N/n2c(-c3cccnc3)n[nH]c2=S)cc1. The van der Waals surface area contributed by atoms with Crippen LogP contribution in [0.25, 0.3) is 11.4 Å². The molecule has 0 atom stereocenters. The summed E-state index contributed by atoms with van der Waals surface area (Å²) in [5.41, 5.74) is 1.85. The number of hydrogen-bond acceptors (Lipinski definition) is 5. The van der Waals surface area contributed by atoms with Crippen molar-refractivity contribution in [2.45, 2.75) is 4.90 Å². The molecule has 110 valence electrons. The maximum atomic E-state index is 5.24. The molecule has 5 nitrogen and oxygen atoms in total. The summed E-state index contributed by atoms with van der Waals surface area (Å²) in [7, 11) is 0. The molecule has 1 aromatic carbocycles. The number of benzene rings is 1. The van der Waals surface area contributed by atoms with Crippen LogP contribution >= 0.6 is 24.0 Å². The van der Waals surface area contributed by atoms with Gasteiger partial charge in [-0.15, -0.1) is 11.8 Å². The predicted molar refractivity (Wildman–Crippen MR) is 91.9 cm³/mol. The lowest BCUT2D eigenvalue weighted by atomic mass is 10.2. The van der Waals surface area contributed by atoms with Gasteiger partial charge in [0.1, 0.15) is 0 Å². The fourth-order valence-electron chi connectivity index (χ4n) is 1.90. The fourth-order valence-corrected chi connectivity index (χ4v) is 2.48. The molecule has 0 radical (unpaired) electrons. The summed E-state index contributed by atoms with van der Waals surface area (Å²) >= 11 is 6.94. The van der Waals surface area contributed by atoms with Crippen molar-refractivity contribution in [2.75, 3.05) is 6.26 Å². The molecular weight excluding hydrogens is 314 g/mol. The van der Waals surface area contributed by atoms with Crippen molar-refractivity contribution in [3.63, 3.8) is 0 Å². The van der Waals surface area contributed by atoms with Gasteiger partial charge in [0, 0.05) is 22.9 Å². The van der Waals surface area contributed by atoms with E-state index < -0.39 is 0 Å². The van der Waals surface area contributed by atoms with E-state index in [1.54, 1.807) is 35.0 Å². The second-order valence-electron chi connectivity index (χ2n) is 4.42. The van der Waals surface area contributed by atoms with E-state index in [2.05, 4.69) is 32.4 Å². The van der Waals surface area contributed by atoms with Crippen LogP contribution in [0.3, 0.4) is 0 Å². The normalized spacial score (nSPS) is 11.1. The minimum absolute atomic E-state index is 0.441. The van der Waals surface area contributed by atoms with Gasteiger partial charge in [-0.2, -0.15) is 14.9 Å². The van der Waals surface area contributed by atoms with E-state index in [-0.39, 0.29) is 0 Å². The van der Waals surface area contributed by atoms with Crippen LogP contribution in [0, 0.1) is 4.77 Å². The highest BCUT2D eigenvalue weighted by Crippen LogP contribution is 2.16. The molecule has 0 amide bonds. The number of H-pyrrole nitrogens is 1. The first-order valence-electron chi connectivity index (χ1n) is 6.54. The number of thioether (sulfide) groups is 1. The van der Waals surface area contributed by atoms with Gasteiger partial charge in [-0.1, -0.05) is 12.1 Å². The van der Waals surface area contributed by atoms with Crippen LogP contribution in [0.5, 0.6) is 0 Å². The third-order valence-electron chi connectivity index (χ3n) is 3.01. The number of aromatic nitrogens is 4. The molecule has 2 heterocycles. The van der Waals surface area contributed by atoms with Crippen LogP contribution in [-0.2, 0) is 0 Å². The molecule has 0 unspecified atom stereocenters. The lowest BCUT2D eigenvalue weighted by molar-refractivity contribution is 0.871. The van der Waals surface area contributed by atoms with E-state index >= 15 is 0 Å². The lowest BCUT2D eigenvalue weighted by Gasteiger charge is -2.00. The lowest BCUT2D eigenvalue weighted by Crippen LogP contribution is -1.95. The van der Waals surface area contributed by atoms with Gasteiger partial charge >= 0.3 is 0 Å². The Morgan fingerprint density at radius 3 is 2.77 bits per heavy atom. The van der Waals surface area contributed by atoms with E-state index in [0.717, 1.165) is 11.1 Å². The van der Waals surface area contributed by atoms with E-state index in [0.29, 0.717) is 10.6 Å². The first kappa shape index (κ1) is 14.7. The van der Waals surface area contributed by atoms with Gasteiger partial charge in [0.2, 0.25) is 4.77 Å². The van der Waals surface area contributed by atoms with E-state index in [1.165, 1.54) is 4.90 Å². The summed E-state index contributed by atoms with van der Waals surface area (Å²) in [4.78, 5) is 5.31. The molecule has 0 aliphatic heterocycles. The number of nitrogens with zero attached hydrogens (tertiary/aromatic N) is 4. The Kier molecular flexibility index (Phi) is 4.45. The van der Waals surface area contributed by atoms with Gasteiger partial charge in [-0.3, -0.25) is 4.98 Å². The first-order chi connectivity index (χ1) is 10.8. The predicted octanol–water partition coefficient (Wildman–Crippen LogP) is 3.61. The average Bonchev–Trinajstić information content (AvgIpc) is 2.95. The zero-order valence-electron chi connectivity index (χ0n) is 11.8. The summed E-state index contributed by atoms with van der Waals surface area (Å²) in [5.74, 6) is 0.634. The Bertz CT molecular complexity index is 834. The molecule has 7 heteroatoms.